The van der Waals surface area contributed by atoms with E-state index in [2.05, 4.69) is 10.2 Å². The molecule has 180 valence electrons. The number of anilines is 1. The van der Waals surface area contributed by atoms with E-state index in [1.165, 1.54) is 19.2 Å². The summed E-state index contributed by atoms with van der Waals surface area (Å²) in [6, 6.07) is 4.92. The zero-order valence-corrected chi connectivity index (χ0v) is 18.6. The van der Waals surface area contributed by atoms with E-state index in [1.807, 2.05) is 0 Å². The second kappa shape index (κ2) is 9.44. The van der Waals surface area contributed by atoms with Gasteiger partial charge in [-0.3, -0.25) is 19.3 Å². The number of amides is 1. The fraction of sp³-hybridized carbons (Fsp3) is 0.625. The standard InChI is InChI=1S/C24H29F3N2O4/c1-33-23(32)14-5-7-17(8-6-14)29-12-18-19(13-29)22(18)20(30)9-10-21(31)28-16-4-2-3-15(11-16)24(25,26)27/h2-4,11,14,17-19,22H,5-10,12-13H2,1H3,(H,28,31)/t14?,17?,18-,19+,22?. The second-order valence-corrected chi connectivity index (χ2v) is 9.43. The van der Waals surface area contributed by atoms with E-state index >= 15 is 0 Å². The highest BCUT2D eigenvalue weighted by Crippen LogP contribution is 2.54. The first-order valence-electron chi connectivity index (χ1n) is 11.5. The summed E-state index contributed by atoms with van der Waals surface area (Å²) in [4.78, 5) is 38.9. The molecule has 4 rings (SSSR count). The molecule has 0 bridgehead atoms. The van der Waals surface area contributed by atoms with Crippen molar-refractivity contribution in [2.45, 2.75) is 50.7 Å². The zero-order valence-electron chi connectivity index (χ0n) is 18.6. The van der Waals surface area contributed by atoms with Crippen molar-refractivity contribution in [3.05, 3.63) is 29.8 Å². The highest BCUT2D eigenvalue weighted by atomic mass is 19.4. The normalized spacial score (nSPS) is 29.3. The maximum absolute atomic E-state index is 12.8. The van der Waals surface area contributed by atoms with Crippen LogP contribution in [0.1, 0.15) is 44.1 Å². The molecular formula is C24H29F3N2O4. The minimum Gasteiger partial charge on any atom is -0.469 e. The van der Waals surface area contributed by atoms with E-state index in [9.17, 15) is 27.6 Å². The van der Waals surface area contributed by atoms with Crippen molar-refractivity contribution in [2.24, 2.45) is 23.7 Å². The van der Waals surface area contributed by atoms with Crippen molar-refractivity contribution in [2.75, 3.05) is 25.5 Å². The number of alkyl halides is 3. The molecule has 1 heterocycles. The van der Waals surface area contributed by atoms with Gasteiger partial charge in [-0.15, -0.1) is 0 Å². The number of halogens is 3. The first-order chi connectivity index (χ1) is 15.7. The third kappa shape index (κ3) is 5.39. The number of carbonyl (C=O) groups is 3. The molecule has 1 unspecified atom stereocenters. The largest absolute Gasteiger partial charge is 0.469 e. The quantitative estimate of drug-likeness (QED) is 0.617. The van der Waals surface area contributed by atoms with Crippen LogP contribution in [0.3, 0.4) is 0 Å². The Balaban J connectivity index is 1.18. The number of Topliss-reactive ketones (excluding diaryl/α,β-unsaturated/α-hetero) is 1. The lowest BCUT2D eigenvalue weighted by molar-refractivity contribution is -0.147. The van der Waals surface area contributed by atoms with Gasteiger partial charge in [-0.25, -0.2) is 0 Å². The summed E-state index contributed by atoms with van der Waals surface area (Å²) in [5.41, 5.74) is -0.756. The predicted octanol–water partition coefficient (Wildman–Crippen LogP) is 3.90. The van der Waals surface area contributed by atoms with Gasteiger partial charge < -0.3 is 10.1 Å². The molecular weight excluding hydrogens is 437 g/mol. The van der Waals surface area contributed by atoms with Crippen LogP contribution in [0.4, 0.5) is 18.9 Å². The Morgan fingerprint density at radius 2 is 1.73 bits per heavy atom. The summed E-state index contributed by atoms with van der Waals surface area (Å²) >= 11 is 0. The Kier molecular flexibility index (Phi) is 6.79. The maximum Gasteiger partial charge on any atom is 0.416 e. The lowest BCUT2D eigenvalue weighted by Gasteiger charge is -2.34. The number of ether oxygens (including phenoxy) is 1. The number of nitrogens with zero attached hydrogens (tertiary/aromatic N) is 1. The van der Waals surface area contributed by atoms with E-state index in [1.54, 1.807) is 0 Å². The molecule has 2 saturated carbocycles. The van der Waals surface area contributed by atoms with E-state index in [-0.39, 0.29) is 42.1 Å². The first-order valence-corrected chi connectivity index (χ1v) is 11.5. The Morgan fingerprint density at radius 1 is 1.06 bits per heavy atom. The van der Waals surface area contributed by atoms with Gasteiger partial charge >= 0.3 is 12.1 Å². The highest BCUT2D eigenvalue weighted by Gasteiger charge is 2.59. The molecule has 0 aromatic heterocycles. The number of hydrogen-bond acceptors (Lipinski definition) is 5. The topological polar surface area (TPSA) is 75.7 Å². The van der Waals surface area contributed by atoms with Crippen LogP contribution in [0.2, 0.25) is 0 Å². The van der Waals surface area contributed by atoms with Crippen LogP contribution in [0, 0.1) is 23.7 Å². The van der Waals surface area contributed by atoms with Gasteiger partial charge in [0.1, 0.15) is 5.78 Å². The van der Waals surface area contributed by atoms with E-state index in [4.69, 9.17) is 4.74 Å². The van der Waals surface area contributed by atoms with Gasteiger partial charge in [0.25, 0.3) is 0 Å². The van der Waals surface area contributed by atoms with Crippen molar-refractivity contribution < 1.29 is 32.3 Å². The van der Waals surface area contributed by atoms with Gasteiger partial charge in [0.05, 0.1) is 18.6 Å². The number of rotatable bonds is 7. The van der Waals surface area contributed by atoms with Gasteiger partial charge in [0, 0.05) is 43.6 Å². The highest BCUT2D eigenvalue weighted by molar-refractivity contribution is 5.94. The number of ketones is 1. The molecule has 1 N–H and O–H groups in total. The summed E-state index contributed by atoms with van der Waals surface area (Å²) in [6.07, 6.45) is -0.798. The van der Waals surface area contributed by atoms with E-state index in [0.29, 0.717) is 17.9 Å². The predicted molar refractivity (Wildman–Crippen MR) is 114 cm³/mol. The van der Waals surface area contributed by atoms with Crippen LogP contribution in [-0.4, -0.2) is 48.8 Å². The average Bonchev–Trinajstić information content (AvgIpc) is 3.30. The molecule has 3 fully saturated rings. The Morgan fingerprint density at radius 3 is 2.33 bits per heavy atom. The maximum atomic E-state index is 12.8. The average molecular weight is 467 g/mol. The van der Waals surface area contributed by atoms with Crippen molar-refractivity contribution >= 4 is 23.3 Å². The van der Waals surface area contributed by atoms with Gasteiger partial charge in [-0.05, 0) is 55.7 Å². The van der Waals surface area contributed by atoms with Crippen molar-refractivity contribution in [3.63, 3.8) is 0 Å². The fourth-order valence-electron chi connectivity index (χ4n) is 5.58. The summed E-state index contributed by atoms with van der Waals surface area (Å²) in [5, 5.41) is 2.45. The van der Waals surface area contributed by atoms with Crippen molar-refractivity contribution in [1.82, 2.24) is 4.90 Å². The van der Waals surface area contributed by atoms with Crippen LogP contribution < -0.4 is 5.32 Å². The Bertz CT molecular complexity index is 899. The number of piperidine rings is 1. The van der Waals surface area contributed by atoms with Gasteiger partial charge in [0.2, 0.25) is 5.91 Å². The molecule has 2 aliphatic carbocycles. The molecule has 1 aromatic rings. The molecule has 1 aliphatic heterocycles. The summed E-state index contributed by atoms with van der Waals surface area (Å²) in [7, 11) is 1.43. The minimum atomic E-state index is -4.48. The number of carbonyl (C=O) groups excluding carboxylic acids is 3. The Labute approximate surface area is 190 Å². The molecule has 6 nitrogen and oxygen atoms in total. The first kappa shape index (κ1) is 23.7. The van der Waals surface area contributed by atoms with Gasteiger partial charge in [-0.2, -0.15) is 13.2 Å². The van der Waals surface area contributed by atoms with Crippen LogP contribution >= 0.6 is 0 Å². The number of benzene rings is 1. The SMILES string of the molecule is COC(=O)C1CCC(N2C[C@@H]3C(C(=O)CCC(=O)Nc4cccc(C(F)(F)F)c4)[C@@H]3C2)CC1. The van der Waals surface area contributed by atoms with Crippen LogP contribution in [0.5, 0.6) is 0 Å². The van der Waals surface area contributed by atoms with Gasteiger partial charge in [0.15, 0.2) is 0 Å². The number of likely N-dealkylation sites (tertiary alicyclic amines) is 1. The van der Waals surface area contributed by atoms with Crippen molar-refractivity contribution in [1.29, 1.82) is 0 Å². The molecule has 3 atom stereocenters. The minimum absolute atomic E-state index is 0.000188. The zero-order chi connectivity index (χ0) is 23.8. The van der Waals surface area contributed by atoms with Crippen LogP contribution in [0.15, 0.2) is 24.3 Å². The van der Waals surface area contributed by atoms with Crippen LogP contribution in [-0.2, 0) is 25.3 Å². The summed E-state index contributed by atoms with van der Waals surface area (Å²) < 4.78 is 43.2. The summed E-state index contributed by atoms with van der Waals surface area (Å²) in [6.45, 7) is 1.76. The fourth-order valence-corrected chi connectivity index (χ4v) is 5.58. The van der Waals surface area contributed by atoms with Crippen molar-refractivity contribution in [3.8, 4) is 0 Å². The Hall–Kier alpha value is -2.42. The van der Waals surface area contributed by atoms with E-state index in [0.717, 1.165) is 50.9 Å². The van der Waals surface area contributed by atoms with E-state index < -0.39 is 17.6 Å². The lowest BCUT2D eigenvalue weighted by Crippen LogP contribution is -2.40. The number of methoxy groups -OCH3 is 1. The molecule has 1 aromatic carbocycles. The number of nitrogens with one attached hydrogen (secondary N) is 1. The van der Waals surface area contributed by atoms with Gasteiger partial charge in [-0.1, -0.05) is 6.07 Å². The third-order valence-electron chi connectivity index (χ3n) is 7.41. The molecule has 1 saturated heterocycles. The molecule has 1 amide bonds. The van der Waals surface area contributed by atoms with Crippen LogP contribution in [0.25, 0.3) is 0 Å². The second-order valence-electron chi connectivity index (χ2n) is 9.43. The number of esters is 1. The molecule has 0 radical (unpaired) electrons. The number of hydrogen-bond donors (Lipinski definition) is 1. The number of fused-ring (bicyclic) bond motifs is 1. The molecule has 0 spiro atoms. The smallest absolute Gasteiger partial charge is 0.416 e. The lowest BCUT2D eigenvalue weighted by atomic mass is 9.85. The molecule has 9 heteroatoms. The monoisotopic (exact) mass is 466 g/mol. The third-order valence-corrected chi connectivity index (χ3v) is 7.41. The molecule has 33 heavy (non-hydrogen) atoms. The summed E-state index contributed by atoms with van der Waals surface area (Å²) in [5.74, 6) is 0.148. The molecule has 3 aliphatic rings.